The van der Waals surface area contributed by atoms with E-state index in [-0.39, 0.29) is 0 Å². The summed E-state index contributed by atoms with van der Waals surface area (Å²) in [4.78, 5) is 31.8. The van der Waals surface area contributed by atoms with Crippen molar-refractivity contribution in [1.29, 1.82) is 0 Å². The van der Waals surface area contributed by atoms with E-state index in [0.29, 0.717) is 28.7 Å². The summed E-state index contributed by atoms with van der Waals surface area (Å²) in [5.41, 5.74) is 2.54. The van der Waals surface area contributed by atoms with Crippen molar-refractivity contribution < 1.29 is 0 Å². The SMILES string of the molecule is CCc1cc(CC)n(-c2nc3c(c(=O)[nH]c(=O)n3C)n2Cc2ccc(Cl)cc2)n1. The van der Waals surface area contributed by atoms with Crippen molar-refractivity contribution in [2.75, 3.05) is 0 Å². The van der Waals surface area contributed by atoms with Crippen LogP contribution in [0.4, 0.5) is 0 Å². The zero-order valence-corrected chi connectivity index (χ0v) is 17.2. The van der Waals surface area contributed by atoms with Crippen molar-refractivity contribution in [3.8, 4) is 5.95 Å². The van der Waals surface area contributed by atoms with Gasteiger partial charge in [-0.1, -0.05) is 37.6 Å². The van der Waals surface area contributed by atoms with Gasteiger partial charge < -0.3 is 0 Å². The number of nitrogens with one attached hydrogen (secondary N) is 1. The molecule has 4 aromatic rings. The number of aryl methyl sites for hydroxylation is 3. The standard InChI is InChI=1S/C20H21ClN6O2/c1-4-14-10-15(5-2)27(24-14)19-22-17-16(18(28)23-20(29)25(17)3)26(19)11-12-6-8-13(21)9-7-12/h6-10H,4-5,11H2,1-3H3,(H,23,28,29). The highest BCUT2D eigenvalue weighted by Gasteiger charge is 2.21. The molecule has 0 aliphatic rings. The van der Waals surface area contributed by atoms with Gasteiger partial charge in [0, 0.05) is 17.8 Å². The molecule has 0 unspecified atom stereocenters. The summed E-state index contributed by atoms with van der Waals surface area (Å²) in [6.07, 6.45) is 1.54. The molecule has 0 bridgehead atoms. The molecule has 1 aromatic carbocycles. The summed E-state index contributed by atoms with van der Waals surface area (Å²) in [6, 6.07) is 9.44. The van der Waals surface area contributed by atoms with Gasteiger partial charge in [0.25, 0.3) is 5.56 Å². The number of aromatic amines is 1. The number of rotatable bonds is 5. The van der Waals surface area contributed by atoms with Crippen LogP contribution in [0.15, 0.2) is 39.9 Å². The number of nitrogens with zero attached hydrogens (tertiary/aromatic N) is 5. The summed E-state index contributed by atoms with van der Waals surface area (Å²) in [5, 5.41) is 5.31. The molecule has 0 aliphatic heterocycles. The van der Waals surface area contributed by atoms with Crippen LogP contribution in [-0.4, -0.2) is 28.9 Å². The molecule has 3 aromatic heterocycles. The van der Waals surface area contributed by atoms with Gasteiger partial charge in [0.2, 0.25) is 5.95 Å². The van der Waals surface area contributed by atoms with Crippen LogP contribution in [0.1, 0.15) is 30.8 Å². The first-order valence-corrected chi connectivity index (χ1v) is 9.82. The molecular weight excluding hydrogens is 392 g/mol. The van der Waals surface area contributed by atoms with E-state index in [9.17, 15) is 9.59 Å². The van der Waals surface area contributed by atoms with Gasteiger partial charge in [0.1, 0.15) is 0 Å². The Morgan fingerprint density at radius 3 is 2.48 bits per heavy atom. The molecule has 0 aliphatic carbocycles. The van der Waals surface area contributed by atoms with Crippen molar-refractivity contribution >= 4 is 22.8 Å². The second-order valence-electron chi connectivity index (χ2n) is 6.86. The molecule has 1 N–H and O–H groups in total. The topological polar surface area (TPSA) is 90.5 Å². The maximum absolute atomic E-state index is 12.7. The first kappa shape index (κ1) is 19.2. The van der Waals surface area contributed by atoms with Gasteiger partial charge in [-0.25, -0.2) is 9.48 Å². The lowest BCUT2D eigenvalue weighted by Gasteiger charge is -2.11. The summed E-state index contributed by atoms with van der Waals surface area (Å²) in [7, 11) is 1.59. The highest BCUT2D eigenvalue weighted by Crippen LogP contribution is 2.20. The van der Waals surface area contributed by atoms with E-state index in [1.807, 2.05) is 32.0 Å². The molecule has 0 saturated heterocycles. The molecular formula is C20H21ClN6O2. The normalized spacial score (nSPS) is 11.4. The van der Waals surface area contributed by atoms with Crippen LogP contribution in [0.25, 0.3) is 17.1 Å². The van der Waals surface area contributed by atoms with Crippen LogP contribution in [0, 0.1) is 0 Å². The zero-order valence-electron chi connectivity index (χ0n) is 16.4. The van der Waals surface area contributed by atoms with E-state index in [0.717, 1.165) is 29.8 Å². The summed E-state index contributed by atoms with van der Waals surface area (Å²) in [5.74, 6) is 0.498. The molecule has 8 nitrogen and oxygen atoms in total. The Morgan fingerprint density at radius 2 is 1.83 bits per heavy atom. The van der Waals surface area contributed by atoms with Crippen LogP contribution >= 0.6 is 11.6 Å². The Bertz CT molecular complexity index is 1310. The Kier molecular flexibility index (Phi) is 4.87. The third-order valence-electron chi connectivity index (χ3n) is 4.99. The lowest BCUT2D eigenvalue weighted by Crippen LogP contribution is -2.29. The minimum atomic E-state index is -0.504. The fraction of sp³-hybridized carbons (Fsp3) is 0.300. The fourth-order valence-electron chi connectivity index (χ4n) is 3.38. The van der Waals surface area contributed by atoms with Crippen molar-refractivity contribution in [2.45, 2.75) is 33.2 Å². The molecule has 0 saturated carbocycles. The maximum Gasteiger partial charge on any atom is 0.329 e. The molecule has 0 atom stereocenters. The van der Waals surface area contributed by atoms with Gasteiger partial charge in [0.05, 0.1) is 12.2 Å². The molecule has 3 heterocycles. The maximum atomic E-state index is 12.7. The van der Waals surface area contributed by atoms with Gasteiger partial charge in [-0.3, -0.25) is 18.9 Å². The largest absolute Gasteiger partial charge is 0.329 e. The zero-order chi connectivity index (χ0) is 20.7. The molecule has 29 heavy (non-hydrogen) atoms. The lowest BCUT2D eigenvalue weighted by molar-refractivity contribution is 0.687. The predicted octanol–water partition coefficient (Wildman–Crippen LogP) is 2.44. The third-order valence-corrected chi connectivity index (χ3v) is 5.24. The van der Waals surface area contributed by atoms with Crippen LogP contribution in [-0.2, 0) is 26.4 Å². The minimum Gasteiger partial charge on any atom is -0.298 e. The van der Waals surface area contributed by atoms with Crippen LogP contribution < -0.4 is 11.2 Å². The number of hydrogen-bond acceptors (Lipinski definition) is 4. The van der Waals surface area contributed by atoms with Crippen molar-refractivity contribution in [2.24, 2.45) is 7.05 Å². The number of halogens is 1. The Labute approximate surface area is 171 Å². The molecule has 150 valence electrons. The minimum absolute atomic E-state index is 0.318. The van der Waals surface area contributed by atoms with Gasteiger partial charge in [-0.15, -0.1) is 0 Å². The lowest BCUT2D eigenvalue weighted by atomic mass is 10.2. The van der Waals surface area contributed by atoms with Gasteiger partial charge in [0.15, 0.2) is 11.2 Å². The summed E-state index contributed by atoms with van der Waals surface area (Å²) < 4.78 is 4.90. The summed E-state index contributed by atoms with van der Waals surface area (Å²) in [6.45, 7) is 4.47. The second-order valence-corrected chi connectivity index (χ2v) is 7.30. The van der Waals surface area contributed by atoms with E-state index in [2.05, 4.69) is 15.1 Å². The van der Waals surface area contributed by atoms with Crippen molar-refractivity contribution in [3.05, 3.63) is 73.1 Å². The van der Waals surface area contributed by atoms with Gasteiger partial charge >= 0.3 is 5.69 Å². The number of aromatic nitrogens is 6. The molecule has 4 rings (SSSR count). The number of benzene rings is 1. The van der Waals surface area contributed by atoms with Crippen molar-refractivity contribution in [1.82, 2.24) is 28.9 Å². The van der Waals surface area contributed by atoms with Crippen molar-refractivity contribution in [3.63, 3.8) is 0 Å². The second kappa shape index (κ2) is 7.36. The van der Waals surface area contributed by atoms with E-state index < -0.39 is 11.2 Å². The van der Waals surface area contributed by atoms with Gasteiger partial charge in [-0.05, 0) is 36.6 Å². The molecule has 0 radical (unpaired) electrons. The average molecular weight is 413 g/mol. The number of imidazole rings is 1. The van der Waals surface area contributed by atoms with Crippen LogP contribution in [0.5, 0.6) is 0 Å². The van der Waals surface area contributed by atoms with Crippen LogP contribution in [0.2, 0.25) is 5.02 Å². The van der Waals surface area contributed by atoms with Crippen LogP contribution in [0.3, 0.4) is 0 Å². The number of hydrogen-bond donors (Lipinski definition) is 1. The highest BCUT2D eigenvalue weighted by atomic mass is 35.5. The van der Waals surface area contributed by atoms with Gasteiger partial charge in [-0.2, -0.15) is 10.1 Å². The van der Waals surface area contributed by atoms with E-state index in [1.54, 1.807) is 28.4 Å². The molecule has 0 amide bonds. The third kappa shape index (κ3) is 3.29. The molecule has 9 heteroatoms. The first-order chi connectivity index (χ1) is 13.9. The molecule has 0 spiro atoms. The number of fused-ring (bicyclic) bond motifs is 1. The monoisotopic (exact) mass is 412 g/mol. The van der Waals surface area contributed by atoms with E-state index >= 15 is 0 Å². The smallest absolute Gasteiger partial charge is 0.298 e. The Hall–Kier alpha value is -3.13. The quantitative estimate of drug-likeness (QED) is 0.545. The summed E-state index contributed by atoms with van der Waals surface area (Å²) >= 11 is 6.01. The van der Waals surface area contributed by atoms with E-state index in [1.165, 1.54) is 4.57 Å². The number of H-pyrrole nitrogens is 1. The van der Waals surface area contributed by atoms with E-state index in [4.69, 9.17) is 11.6 Å². The Balaban J connectivity index is 2.03. The fourth-order valence-corrected chi connectivity index (χ4v) is 3.51. The predicted molar refractivity (Wildman–Crippen MR) is 112 cm³/mol. The highest BCUT2D eigenvalue weighted by molar-refractivity contribution is 6.30. The first-order valence-electron chi connectivity index (χ1n) is 9.45. The Morgan fingerprint density at radius 1 is 1.10 bits per heavy atom. The average Bonchev–Trinajstić information content (AvgIpc) is 3.29. The molecule has 0 fully saturated rings.